The average Bonchev–Trinajstić information content (AvgIpc) is 2.47. The summed E-state index contributed by atoms with van der Waals surface area (Å²) >= 11 is 0. The number of amides is 1. The van der Waals surface area contributed by atoms with Crippen LogP contribution in [-0.2, 0) is 11.2 Å². The van der Waals surface area contributed by atoms with E-state index in [0.29, 0.717) is 5.82 Å². The van der Waals surface area contributed by atoms with Crippen LogP contribution in [0.1, 0.15) is 40.3 Å². The number of anilines is 1. The molecule has 1 aromatic heterocycles. The highest BCUT2D eigenvalue weighted by molar-refractivity contribution is 5.96. The predicted molar refractivity (Wildman–Crippen MR) is 68.6 cm³/mol. The van der Waals surface area contributed by atoms with Crippen molar-refractivity contribution in [3.8, 4) is 0 Å². The largest absolute Gasteiger partial charge is 0.318 e. The number of carbonyl (C=O) groups is 1. The van der Waals surface area contributed by atoms with Gasteiger partial charge in [-0.05, 0) is 25.7 Å². The van der Waals surface area contributed by atoms with Crippen molar-refractivity contribution in [2.75, 3.05) is 5.32 Å². The molecule has 0 atom stereocenters. The van der Waals surface area contributed by atoms with E-state index in [1.807, 2.05) is 6.07 Å². The number of nitrogens with one attached hydrogen (secondary N) is 2. The molecule has 0 bridgehead atoms. The zero-order chi connectivity index (χ0) is 13.3. The molecular formula is C12H22N4O. The van der Waals surface area contributed by atoms with Crippen LogP contribution in [0, 0.1) is 5.41 Å². The highest BCUT2D eigenvalue weighted by Crippen LogP contribution is 2.20. The molecule has 4 N–H and O–H groups in total. The Hall–Kier alpha value is -1.36. The predicted octanol–water partition coefficient (Wildman–Crippen LogP) is 1.67. The molecule has 17 heavy (non-hydrogen) atoms. The van der Waals surface area contributed by atoms with Crippen molar-refractivity contribution < 1.29 is 4.79 Å². The molecule has 0 aliphatic rings. The first kappa shape index (κ1) is 13.7. The molecule has 0 fully saturated rings. The Balaban J connectivity index is 2.67. The van der Waals surface area contributed by atoms with Gasteiger partial charge < -0.3 is 11.1 Å². The Bertz CT molecular complexity index is 395. The van der Waals surface area contributed by atoms with E-state index in [4.69, 9.17) is 5.73 Å². The topological polar surface area (TPSA) is 83.8 Å². The van der Waals surface area contributed by atoms with Crippen molar-refractivity contribution >= 4 is 11.7 Å². The van der Waals surface area contributed by atoms with Crippen LogP contribution in [0.15, 0.2) is 6.07 Å². The maximum atomic E-state index is 11.6. The first-order valence-corrected chi connectivity index (χ1v) is 5.72. The van der Waals surface area contributed by atoms with E-state index in [0.717, 1.165) is 12.1 Å². The smallest absolute Gasteiger partial charge is 0.245 e. The summed E-state index contributed by atoms with van der Waals surface area (Å²) in [6, 6.07) is 1.84. The molecule has 1 heterocycles. The second-order valence-electron chi connectivity index (χ2n) is 6.19. The Kier molecular flexibility index (Phi) is 3.62. The van der Waals surface area contributed by atoms with Gasteiger partial charge in [0, 0.05) is 11.8 Å². The zero-order valence-electron chi connectivity index (χ0n) is 11.2. The Morgan fingerprint density at radius 2 is 2.00 bits per heavy atom. The van der Waals surface area contributed by atoms with Gasteiger partial charge in [0.15, 0.2) is 5.82 Å². The molecule has 5 heteroatoms. The summed E-state index contributed by atoms with van der Waals surface area (Å²) in [7, 11) is 0. The van der Waals surface area contributed by atoms with E-state index >= 15 is 0 Å². The van der Waals surface area contributed by atoms with E-state index < -0.39 is 5.54 Å². The number of nitrogens with two attached hydrogens (primary N) is 1. The molecule has 0 saturated carbocycles. The molecule has 1 aromatic rings. The van der Waals surface area contributed by atoms with Gasteiger partial charge in [0.1, 0.15) is 0 Å². The van der Waals surface area contributed by atoms with Crippen LogP contribution in [0.5, 0.6) is 0 Å². The lowest BCUT2D eigenvalue weighted by Crippen LogP contribution is -2.45. The number of nitrogens with zero attached hydrogens (tertiary/aromatic N) is 1. The number of aromatic nitrogens is 2. The second kappa shape index (κ2) is 4.49. The van der Waals surface area contributed by atoms with Gasteiger partial charge in [0.2, 0.25) is 5.91 Å². The van der Waals surface area contributed by atoms with E-state index in [1.54, 1.807) is 13.8 Å². The van der Waals surface area contributed by atoms with E-state index in [1.165, 1.54) is 0 Å². The van der Waals surface area contributed by atoms with Gasteiger partial charge in [-0.15, -0.1) is 0 Å². The van der Waals surface area contributed by atoms with Crippen molar-refractivity contribution in [2.24, 2.45) is 11.1 Å². The monoisotopic (exact) mass is 238 g/mol. The van der Waals surface area contributed by atoms with Gasteiger partial charge in [-0.3, -0.25) is 9.89 Å². The van der Waals surface area contributed by atoms with Crippen molar-refractivity contribution in [1.29, 1.82) is 0 Å². The molecule has 0 aromatic carbocycles. The summed E-state index contributed by atoms with van der Waals surface area (Å²) in [5.74, 6) is 0.277. The molecule has 1 amide bonds. The van der Waals surface area contributed by atoms with Crippen LogP contribution in [0.4, 0.5) is 5.82 Å². The van der Waals surface area contributed by atoms with Crippen molar-refractivity contribution in [1.82, 2.24) is 10.2 Å². The first-order chi connectivity index (χ1) is 7.58. The number of aromatic amines is 1. The summed E-state index contributed by atoms with van der Waals surface area (Å²) in [5, 5.41) is 9.64. The average molecular weight is 238 g/mol. The number of H-pyrrole nitrogens is 1. The molecular weight excluding hydrogens is 216 g/mol. The summed E-state index contributed by atoms with van der Waals surface area (Å²) in [4.78, 5) is 11.6. The Morgan fingerprint density at radius 1 is 1.41 bits per heavy atom. The fourth-order valence-electron chi connectivity index (χ4n) is 1.36. The van der Waals surface area contributed by atoms with Gasteiger partial charge >= 0.3 is 0 Å². The number of carbonyl (C=O) groups excluding carboxylic acids is 1. The van der Waals surface area contributed by atoms with Crippen molar-refractivity contribution in [3.63, 3.8) is 0 Å². The summed E-state index contributed by atoms with van der Waals surface area (Å²) < 4.78 is 0. The summed E-state index contributed by atoms with van der Waals surface area (Å²) in [6.45, 7) is 9.76. The van der Waals surface area contributed by atoms with E-state index in [9.17, 15) is 4.79 Å². The lowest BCUT2D eigenvalue weighted by molar-refractivity contribution is -0.120. The van der Waals surface area contributed by atoms with E-state index in [-0.39, 0.29) is 11.3 Å². The number of hydrogen-bond donors (Lipinski definition) is 3. The summed E-state index contributed by atoms with van der Waals surface area (Å²) in [6.07, 6.45) is 0.877. The zero-order valence-corrected chi connectivity index (χ0v) is 11.2. The third-order valence-corrected chi connectivity index (χ3v) is 2.18. The molecule has 0 unspecified atom stereocenters. The molecule has 0 spiro atoms. The molecule has 0 saturated heterocycles. The molecule has 0 radical (unpaired) electrons. The van der Waals surface area contributed by atoms with Gasteiger partial charge in [-0.2, -0.15) is 5.10 Å². The minimum atomic E-state index is -0.900. The molecule has 1 rings (SSSR count). The number of hydrogen-bond acceptors (Lipinski definition) is 3. The molecule has 0 aliphatic heterocycles. The third-order valence-electron chi connectivity index (χ3n) is 2.18. The SMILES string of the molecule is CC(C)(C)Cc1cc(NC(=O)C(C)(C)N)n[nH]1. The second-order valence-corrected chi connectivity index (χ2v) is 6.19. The highest BCUT2D eigenvalue weighted by atomic mass is 16.2. The number of rotatable bonds is 3. The third kappa shape index (κ3) is 4.56. The van der Waals surface area contributed by atoms with Crippen LogP contribution in [0.25, 0.3) is 0 Å². The first-order valence-electron chi connectivity index (χ1n) is 5.72. The standard InChI is InChI=1S/C12H22N4O/c1-11(2,3)7-8-6-9(16-15-8)14-10(17)12(4,5)13/h6H,7,13H2,1-5H3,(H2,14,15,16,17). The van der Waals surface area contributed by atoms with Crippen LogP contribution in [-0.4, -0.2) is 21.6 Å². The maximum Gasteiger partial charge on any atom is 0.245 e. The quantitative estimate of drug-likeness (QED) is 0.749. The van der Waals surface area contributed by atoms with Crippen LogP contribution < -0.4 is 11.1 Å². The molecule has 5 nitrogen and oxygen atoms in total. The van der Waals surface area contributed by atoms with Gasteiger partial charge in [0.05, 0.1) is 5.54 Å². The highest BCUT2D eigenvalue weighted by Gasteiger charge is 2.22. The normalized spacial score (nSPS) is 12.6. The molecule has 0 aliphatic carbocycles. The van der Waals surface area contributed by atoms with Gasteiger partial charge in [-0.25, -0.2) is 0 Å². The van der Waals surface area contributed by atoms with Crippen LogP contribution in [0.2, 0.25) is 0 Å². The minimum Gasteiger partial charge on any atom is -0.318 e. The van der Waals surface area contributed by atoms with E-state index in [2.05, 4.69) is 36.3 Å². The Morgan fingerprint density at radius 3 is 2.47 bits per heavy atom. The van der Waals surface area contributed by atoms with Crippen molar-refractivity contribution in [3.05, 3.63) is 11.8 Å². The Labute approximate surface area is 102 Å². The van der Waals surface area contributed by atoms with Gasteiger partial charge in [-0.1, -0.05) is 20.8 Å². The maximum absolute atomic E-state index is 11.6. The lowest BCUT2D eigenvalue weighted by atomic mass is 9.91. The van der Waals surface area contributed by atoms with Crippen LogP contribution >= 0.6 is 0 Å². The van der Waals surface area contributed by atoms with Crippen LogP contribution in [0.3, 0.4) is 0 Å². The fraction of sp³-hybridized carbons (Fsp3) is 0.667. The fourth-order valence-corrected chi connectivity index (χ4v) is 1.36. The minimum absolute atomic E-state index is 0.181. The summed E-state index contributed by atoms with van der Waals surface area (Å²) in [5.41, 5.74) is 5.97. The van der Waals surface area contributed by atoms with Gasteiger partial charge in [0.25, 0.3) is 0 Å². The molecule has 96 valence electrons. The van der Waals surface area contributed by atoms with Crippen molar-refractivity contribution in [2.45, 2.75) is 46.6 Å². The lowest BCUT2D eigenvalue weighted by Gasteiger charge is -2.16.